The molecule has 0 spiro atoms. The Morgan fingerprint density at radius 2 is 2.30 bits per heavy atom. The number of carbonyl (C=O) groups excluding carboxylic acids is 1. The number of rotatable bonds is 5. The Hall–Kier alpha value is -1.32. The Labute approximate surface area is 121 Å². The number of nitrogens with one attached hydrogen (secondary N) is 1. The van der Waals surface area contributed by atoms with Crippen LogP contribution in [0.5, 0.6) is 0 Å². The minimum Gasteiger partial charge on any atom is -0.353 e. The predicted molar refractivity (Wildman–Crippen MR) is 80.3 cm³/mol. The van der Waals surface area contributed by atoms with Gasteiger partial charge in [0.15, 0.2) is 0 Å². The van der Waals surface area contributed by atoms with E-state index in [0.29, 0.717) is 12.5 Å². The number of nitrogens with zero attached hydrogens (tertiary/aromatic N) is 2. The summed E-state index contributed by atoms with van der Waals surface area (Å²) in [4.78, 5) is 12.1. The highest BCUT2D eigenvalue weighted by Gasteiger charge is 2.24. The molecule has 0 aromatic carbocycles. The molecule has 4 heteroatoms. The summed E-state index contributed by atoms with van der Waals surface area (Å²) in [5.41, 5.74) is 1.11. The quantitative estimate of drug-likeness (QED) is 0.899. The summed E-state index contributed by atoms with van der Waals surface area (Å²) in [6.07, 6.45) is 7.96. The standard InChI is InChI=1S/C16H27N3O/c1-12(2)13-5-4-6-14(11-13)18-16(20)8-7-15-9-10-17-19(15)3/h9-10,12-14H,4-8,11H2,1-3H3,(H,18,20). The van der Waals surface area contributed by atoms with Crippen molar-refractivity contribution in [3.8, 4) is 0 Å². The van der Waals surface area contributed by atoms with Gasteiger partial charge in [0.05, 0.1) is 0 Å². The highest BCUT2D eigenvalue weighted by molar-refractivity contribution is 5.76. The molecule has 0 saturated heterocycles. The van der Waals surface area contributed by atoms with Crippen LogP contribution in [0.4, 0.5) is 0 Å². The van der Waals surface area contributed by atoms with E-state index in [2.05, 4.69) is 24.3 Å². The van der Waals surface area contributed by atoms with Gasteiger partial charge in [-0.1, -0.05) is 26.7 Å². The molecule has 112 valence electrons. The first-order valence-electron chi connectivity index (χ1n) is 7.82. The molecule has 1 fully saturated rings. The van der Waals surface area contributed by atoms with Crippen molar-refractivity contribution >= 4 is 5.91 Å². The van der Waals surface area contributed by atoms with E-state index in [1.165, 1.54) is 12.8 Å². The summed E-state index contributed by atoms with van der Waals surface area (Å²) in [6.45, 7) is 4.58. The van der Waals surface area contributed by atoms with Crippen LogP contribution in [0.25, 0.3) is 0 Å². The average molecular weight is 277 g/mol. The van der Waals surface area contributed by atoms with E-state index in [4.69, 9.17) is 0 Å². The average Bonchev–Trinajstić information content (AvgIpc) is 2.82. The highest BCUT2D eigenvalue weighted by atomic mass is 16.1. The lowest BCUT2D eigenvalue weighted by atomic mass is 9.79. The van der Waals surface area contributed by atoms with Gasteiger partial charge in [0.1, 0.15) is 0 Å². The molecule has 0 radical (unpaired) electrons. The lowest BCUT2D eigenvalue weighted by molar-refractivity contribution is -0.122. The molecule has 0 bridgehead atoms. The van der Waals surface area contributed by atoms with Gasteiger partial charge >= 0.3 is 0 Å². The lowest BCUT2D eigenvalue weighted by Crippen LogP contribution is -2.39. The van der Waals surface area contributed by atoms with Crippen LogP contribution < -0.4 is 5.32 Å². The third-order valence-electron chi connectivity index (χ3n) is 4.55. The summed E-state index contributed by atoms with van der Waals surface area (Å²) in [6, 6.07) is 2.36. The molecule has 1 aromatic heterocycles. The van der Waals surface area contributed by atoms with Gasteiger partial charge in [0, 0.05) is 31.4 Å². The molecular weight excluding hydrogens is 250 g/mol. The Bertz CT molecular complexity index is 439. The maximum atomic E-state index is 12.1. The summed E-state index contributed by atoms with van der Waals surface area (Å²) in [5, 5.41) is 7.34. The maximum Gasteiger partial charge on any atom is 0.220 e. The first kappa shape index (κ1) is 15.1. The number of hydrogen-bond donors (Lipinski definition) is 1. The van der Waals surface area contributed by atoms with Crippen molar-refractivity contribution < 1.29 is 4.79 Å². The monoisotopic (exact) mass is 277 g/mol. The van der Waals surface area contributed by atoms with Crippen LogP contribution in [-0.2, 0) is 18.3 Å². The van der Waals surface area contributed by atoms with E-state index in [1.54, 1.807) is 6.20 Å². The van der Waals surface area contributed by atoms with Crippen LogP contribution in [0, 0.1) is 11.8 Å². The van der Waals surface area contributed by atoms with Gasteiger partial charge in [-0.05, 0) is 37.2 Å². The van der Waals surface area contributed by atoms with Gasteiger partial charge in [-0.25, -0.2) is 0 Å². The first-order valence-corrected chi connectivity index (χ1v) is 7.82. The zero-order chi connectivity index (χ0) is 14.5. The molecule has 1 saturated carbocycles. The van der Waals surface area contributed by atoms with Crippen LogP contribution >= 0.6 is 0 Å². The molecule has 1 amide bonds. The molecule has 20 heavy (non-hydrogen) atoms. The first-order chi connectivity index (χ1) is 9.56. The van der Waals surface area contributed by atoms with Gasteiger partial charge in [0.25, 0.3) is 0 Å². The number of aryl methyl sites for hydroxylation is 2. The molecule has 1 N–H and O–H groups in total. The van der Waals surface area contributed by atoms with Gasteiger partial charge in [0.2, 0.25) is 5.91 Å². The van der Waals surface area contributed by atoms with E-state index in [1.807, 2.05) is 17.8 Å². The molecule has 1 aromatic rings. The van der Waals surface area contributed by atoms with E-state index in [9.17, 15) is 4.79 Å². The second-order valence-corrected chi connectivity index (χ2v) is 6.38. The minimum atomic E-state index is 0.181. The van der Waals surface area contributed by atoms with Crippen molar-refractivity contribution in [3.05, 3.63) is 18.0 Å². The van der Waals surface area contributed by atoms with Crippen LogP contribution in [0.2, 0.25) is 0 Å². The van der Waals surface area contributed by atoms with Gasteiger partial charge in [-0.3, -0.25) is 9.48 Å². The Morgan fingerprint density at radius 3 is 2.95 bits per heavy atom. The van der Waals surface area contributed by atoms with Crippen molar-refractivity contribution in [2.75, 3.05) is 0 Å². The van der Waals surface area contributed by atoms with Crippen molar-refractivity contribution in [1.29, 1.82) is 0 Å². The lowest BCUT2D eigenvalue weighted by Gasteiger charge is -2.32. The minimum absolute atomic E-state index is 0.181. The smallest absolute Gasteiger partial charge is 0.220 e. The molecule has 1 aliphatic carbocycles. The molecule has 1 heterocycles. The van der Waals surface area contributed by atoms with Gasteiger partial charge in [-0.2, -0.15) is 5.10 Å². The molecule has 0 aliphatic heterocycles. The van der Waals surface area contributed by atoms with Crippen LogP contribution in [0.15, 0.2) is 12.3 Å². The van der Waals surface area contributed by atoms with E-state index < -0.39 is 0 Å². The molecular formula is C16H27N3O. The Morgan fingerprint density at radius 1 is 1.50 bits per heavy atom. The summed E-state index contributed by atoms with van der Waals surface area (Å²) in [5.74, 6) is 1.68. The topological polar surface area (TPSA) is 46.9 Å². The number of amides is 1. The van der Waals surface area contributed by atoms with Crippen LogP contribution in [0.1, 0.15) is 51.6 Å². The fraction of sp³-hybridized carbons (Fsp3) is 0.750. The normalized spacial score (nSPS) is 23.0. The maximum absolute atomic E-state index is 12.1. The second-order valence-electron chi connectivity index (χ2n) is 6.38. The van der Waals surface area contributed by atoms with E-state index >= 15 is 0 Å². The number of carbonyl (C=O) groups is 1. The molecule has 2 rings (SSSR count). The summed E-state index contributed by atoms with van der Waals surface area (Å²) >= 11 is 0. The molecule has 4 nitrogen and oxygen atoms in total. The van der Waals surface area contributed by atoms with Gasteiger partial charge in [-0.15, -0.1) is 0 Å². The summed E-state index contributed by atoms with van der Waals surface area (Å²) in [7, 11) is 1.92. The zero-order valence-corrected chi connectivity index (χ0v) is 12.9. The summed E-state index contributed by atoms with van der Waals surface area (Å²) < 4.78 is 1.84. The van der Waals surface area contributed by atoms with Gasteiger partial charge < -0.3 is 5.32 Å². The van der Waals surface area contributed by atoms with E-state index in [-0.39, 0.29) is 5.91 Å². The molecule has 1 aliphatic rings. The van der Waals surface area contributed by atoms with Crippen molar-refractivity contribution in [3.63, 3.8) is 0 Å². The van der Waals surface area contributed by atoms with E-state index in [0.717, 1.165) is 36.8 Å². The Balaban J connectivity index is 1.75. The van der Waals surface area contributed by atoms with Crippen molar-refractivity contribution in [2.24, 2.45) is 18.9 Å². The fourth-order valence-electron chi connectivity index (χ4n) is 3.15. The fourth-order valence-corrected chi connectivity index (χ4v) is 3.15. The number of hydrogen-bond acceptors (Lipinski definition) is 2. The second kappa shape index (κ2) is 6.91. The zero-order valence-electron chi connectivity index (χ0n) is 12.9. The third kappa shape index (κ3) is 4.09. The van der Waals surface area contributed by atoms with Crippen molar-refractivity contribution in [1.82, 2.24) is 15.1 Å². The number of aromatic nitrogens is 2. The molecule has 2 unspecified atom stereocenters. The highest BCUT2D eigenvalue weighted by Crippen LogP contribution is 2.29. The third-order valence-corrected chi connectivity index (χ3v) is 4.55. The van der Waals surface area contributed by atoms with Crippen LogP contribution in [0.3, 0.4) is 0 Å². The SMILES string of the molecule is CC(C)C1CCCC(NC(=O)CCc2ccnn2C)C1. The Kier molecular flexibility index (Phi) is 5.21. The van der Waals surface area contributed by atoms with Crippen molar-refractivity contribution in [2.45, 2.75) is 58.4 Å². The molecule has 2 atom stereocenters. The largest absolute Gasteiger partial charge is 0.353 e. The van der Waals surface area contributed by atoms with Crippen LogP contribution in [-0.4, -0.2) is 21.7 Å². The predicted octanol–water partition coefficient (Wildman–Crippen LogP) is 2.68.